The van der Waals surface area contributed by atoms with Crippen LogP contribution in [0.2, 0.25) is 5.02 Å². The van der Waals surface area contributed by atoms with E-state index in [0.717, 1.165) is 40.7 Å². The lowest BCUT2D eigenvalue weighted by molar-refractivity contribution is 0.0857. The Labute approximate surface area is 169 Å². The Bertz CT molecular complexity index is 761. The third-order valence-electron chi connectivity index (χ3n) is 4.34. The Hall–Kier alpha value is -1.69. The molecule has 0 aromatic heterocycles. The van der Waals surface area contributed by atoms with E-state index in [1.807, 2.05) is 49.4 Å². The summed E-state index contributed by atoms with van der Waals surface area (Å²) in [7, 11) is 0. The molecule has 0 aliphatic carbocycles. The van der Waals surface area contributed by atoms with Gasteiger partial charge >= 0.3 is 0 Å². The molecule has 1 aliphatic rings. The van der Waals surface area contributed by atoms with Crippen LogP contribution in [0.4, 0.5) is 0 Å². The molecule has 0 saturated carbocycles. The Morgan fingerprint density at radius 2 is 2.11 bits per heavy atom. The highest BCUT2D eigenvalue weighted by Gasteiger charge is 2.17. The Kier molecular flexibility index (Phi) is 7.44. The highest BCUT2D eigenvalue weighted by atomic mass is 35.5. The average Bonchev–Trinajstić information content (AvgIpc) is 3.20. The lowest BCUT2D eigenvalue weighted by Gasteiger charge is -2.14. The topological polar surface area (TPSA) is 47.6 Å². The van der Waals surface area contributed by atoms with E-state index in [9.17, 15) is 4.79 Å². The molecule has 0 radical (unpaired) electrons. The number of rotatable bonds is 8. The van der Waals surface area contributed by atoms with E-state index in [2.05, 4.69) is 5.32 Å². The van der Waals surface area contributed by atoms with Crippen LogP contribution in [-0.4, -0.2) is 31.8 Å². The molecule has 0 unspecified atom stereocenters. The molecule has 1 heterocycles. The van der Waals surface area contributed by atoms with Gasteiger partial charge in [-0.25, -0.2) is 0 Å². The van der Waals surface area contributed by atoms with E-state index in [1.54, 1.807) is 11.8 Å². The number of hydrogen-bond donors (Lipinski definition) is 1. The number of nitrogens with one attached hydrogen (secondary N) is 1. The summed E-state index contributed by atoms with van der Waals surface area (Å²) >= 11 is 7.63. The molecule has 1 atom stereocenters. The number of hydrogen-bond acceptors (Lipinski definition) is 4. The van der Waals surface area contributed by atoms with Crippen LogP contribution in [0.15, 0.2) is 47.4 Å². The number of carbonyl (C=O) groups excluding carboxylic acids is 1. The monoisotopic (exact) mass is 405 g/mol. The van der Waals surface area contributed by atoms with Gasteiger partial charge in [0, 0.05) is 39.9 Å². The van der Waals surface area contributed by atoms with Crippen LogP contribution >= 0.6 is 23.4 Å². The average molecular weight is 406 g/mol. The molecule has 27 heavy (non-hydrogen) atoms. The summed E-state index contributed by atoms with van der Waals surface area (Å²) in [5.41, 5.74) is 1.64. The van der Waals surface area contributed by atoms with Gasteiger partial charge in [0.15, 0.2) is 0 Å². The van der Waals surface area contributed by atoms with E-state index < -0.39 is 0 Å². The van der Waals surface area contributed by atoms with Crippen LogP contribution in [-0.2, 0) is 10.5 Å². The van der Waals surface area contributed by atoms with Gasteiger partial charge in [0.25, 0.3) is 5.91 Å². The molecule has 144 valence electrons. The number of halogens is 1. The number of benzene rings is 2. The van der Waals surface area contributed by atoms with Crippen LogP contribution in [0.3, 0.4) is 0 Å². The van der Waals surface area contributed by atoms with Gasteiger partial charge in [0.05, 0.1) is 12.7 Å². The summed E-state index contributed by atoms with van der Waals surface area (Å²) < 4.78 is 11.3. The van der Waals surface area contributed by atoms with Crippen molar-refractivity contribution in [1.82, 2.24) is 5.32 Å². The molecular formula is C21H24ClNO3S. The van der Waals surface area contributed by atoms with Gasteiger partial charge < -0.3 is 14.8 Å². The fraction of sp³-hybridized carbons (Fsp3) is 0.381. The minimum absolute atomic E-state index is 0.0775. The normalized spacial score (nSPS) is 16.3. The molecular weight excluding hydrogens is 382 g/mol. The number of thioether (sulfide) groups is 1. The molecule has 2 aromatic rings. The second kappa shape index (κ2) is 10.0. The molecule has 3 rings (SSSR count). The Balaban J connectivity index is 1.67. The third kappa shape index (κ3) is 5.89. The summed E-state index contributed by atoms with van der Waals surface area (Å²) in [4.78, 5) is 13.6. The maximum atomic E-state index is 12.5. The van der Waals surface area contributed by atoms with Gasteiger partial charge in [-0.15, -0.1) is 11.8 Å². The van der Waals surface area contributed by atoms with Crippen molar-refractivity contribution in [2.75, 3.05) is 19.8 Å². The zero-order valence-corrected chi connectivity index (χ0v) is 16.9. The van der Waals surface area contributed by atoms with Crippen molar-refractivity contribution in [2.45, 2.75) is 36.5 Å². The minimum Gasteiger partial charge on any atom is -0.494 e. The number of amides is 1. The van der Waals surface area contributed by atoms with Crippen LogP contribution in [0, 0.1) is 0 Å². The molecule has 2 aromatic carbocycles. The van der Waals surface area contributed by atoms with Gasteiger partial charge in [0.2, 0.25) is 0 Å². The molecule has 1 fully saturated rings. The molecule has 1 N–H and O–H groups in total. The van der Waals surface area contributed by atoms with E-state index in [4.69, 9.17) is 21.1 Å². The zero-order chi connectivity index (χ0) is 19.1. The van der Waals surface area contributed by atoms with Crippen molar-refractivity contribution in [1.29, 1.82) is 0 Å². The fourth-order valence-electron chi connectivity index (χ4n) is 2.94. The van der Waals surface area contributed by atoms with Crippen LogP contribution in [0.25, 0.3) is 0 Å². The van der Waals surface area contributed by atoms with E-state index >= 15 is 0 Å². The molecule has 1 amide bonds. The number of ether oxygens (including phenoxy) is 2. The van der Waals surface area contributed by atoms with Crippen LogP contribution in [0.5, 0.6) is 5.75 Å². The quantitative estimate of drug-likeness (QED) is 0.632. The first-order valence-electron chi connectivity index (χ1n) is 9.19. The largest absolute Gasteiger partial charge is 0.494 e. The SMILES string of the molecule is CCOc1ccc(C(=O)NC[C@@H]2CCCO2)cc1CSc1ccc(Cl)cc1. The summed E-state index contributed by atoms with van der Waals surface area (Å²) in [5.74, 6) is 1.45. The second-order valence-electron chi connectivity index (χ2n) is 6.34. The first kappa shape index (κ1) is 20.1. The smallest absolute Gasteiger partial charge is 0.251 e. The summed E-state index contributed by atoms with van der Waals surface area (Å²) in [6.07, 6.45) is 2.21. The molecule has 0 spiro atoms. The molecule has 6 heteroatoms. The van der Waals surface area contributed by atoms with Gasteiger partial charge in [-0.1, -0.05) is 11.6 Å². The van der Waals surface area contributed by atoms with Gasteiger partial charge in [-0.05, 0) is 62.2 Å². The molecule has 1 saturated heterocycles. The lowest BCUT2D eigenvalue weighted by Crippen LogP contribution is -2.31. The molecule has 1 aliphatic heterocycles. The van der Waals surface area contributed by atoms with Gasteiger partial charge in [0.1, 0.15) is 5.75 Å². The third-order valence-corrected chi connectivity index (χ3v) is 5.66. The summed E-state index contributed by atoms with van der Waals surface area (Å²) in [5, 5.41) is 3.69. The van der Waals surface area contributed by atoms with Crippen molar-refractivity contribution in [3.8, 4) is 5.75 Å². The first-order chi connectivity index (χ1) is 13.2. The predicted octanol–water partition coefficient (Wildman–Crippen LogP) is 4.94. The standard InChI is InChI=1S/C21H24ClNO3S/c1-2-25-20-10-5-15(21(24)23-13-18-4-3-11-26-18)12-16(20)14-27-19-8-6-17(22)7-9-19/h5-10,12,18H,2-4,11,13-14H2,1H3,(H,23,24)/t18-/m0/s1. The zero-order valence-electron chi connectivity index (χ0n) is 15.4. The highest BCUT2D eigenvalue weighted by molar-refractivity contribution is 7.98. The minimum atomic E-state index is -0.0775. The van der Waals surface area contributed by atoms with E-state index in [1.165, 1.54) is 0 Å². The van der Waals surface area contributed by atoms with Gasteiger partial charge in [-0.3, -0.25) is 4.79 Å². The summed E-state index contributed by atoms with van der Waals surface area (Å²) in [6.45, 7) is 3.89. The van der Waals surface area contributed by atoms with Crippen LogP contribution in [0.1, 0.15) is 35.7 Å². The van der Waals surface area contributed by atoms with Crippen molar-refractivity contribution >= 4 is 29.3 Å². The van der Waals surface area contributed by atoms with E-state index in [-0.39, 0.29) is 12.0 Å². The van der Waals surface area contributed by atoms with Crippen molar-refractivity contribution in [3.05, 3.63) is 58.6 Å². The second-order valence-corrected chi connectivity index (χ2v) is 7.83. The number of carbonyl (C=O) groups is 1. The molecule has 0 bridgehead atoms. The molecule has 4 nitrogen and oxygen atoms in total. The van der Waals surface area contributed by atoms with Crippen molar-refractivity contribution in [2.24, 2.45) is 0 Å². The summed E-state index contributed by atoms with van der Waals surface area (Å²) in [6, 6.07) is 13.3. The maximum Gasteiger partial charge on any atom is 0.251 e. The van der Waals surface area contributed by atoms with Crippen LogP contribution < -0.4 is 10.1 Å². The lowest BCUT2D eigenvalue weighted by atomic mass is 10.1. The highest BCUT2D eigenvalue weighted by Crippen LogP contribution is 2.29. The predicted molar refractivity (Wildman–Crippen MR) is 110 cm³/mol. The van der Waals surface area contributed by atoms with E-state index in [0.29, 0.717) is 24.5 Å². The van der Waals surface area contributed by atoms with Crippen molar-refractivity contribution < 1.29 is 14.3 Å². The Morgan fingerprint density at radius 1 is 1.30 bits per heavy atom. The fourth-order valence-corrected chi connectivity index (χ4v) is 3.94. The van der Waals surface area contributed by atoms with Gasteiger partial charge in [-0.2, -0.15) is 0 Å². The Morgan fingerprint density at radius 3 is 2.81 bits per heavy atom. The first-order valence-corrected chi connectivity index (χ1v) is 10.6. The van der Waals surface area contributed by atoms with Crippen molar-refractivity contribution in [3.63, 3.8) is 0 Å². The maximum absolute atomic E-state index is 12.5.